The summed E-state index contributed by atoms with van der Waals surface area (Å²) < 4.78 is 1.14. The molecule has 0 fully saturated rings. The summed E-state index contributed by atoms with van der Waals surface area (Å²) in [6.07, 6.45) is 0.414. The van der Waals surface area contributed by atoms with E-state index in [4.69, 9.17) is 0 Å². The summed E-state index contributed by atoms with van der Waals surface area (Å²) >= 11 is 5.23. The first-order valence-corrected chi connectivity index (χ1v) is 8.03. The second-order valence-corrected chi connectivity index (χ2v) is 7.47. The van der Waals surface area contributed by atoms with E-state index < -0.39 is 0 Å². The van der Waals surface area contributed by atoms with Gasteiger partial charge in [-0.25, -0.2) is 0 Å². The van der Waals surface area contributed by atoms with Crippen LogP contribution in [0.5, 0.6) is 0 Å². The van der Waals surface area contributed by atoms with E-state index in [1.54, 1.807) is 11.3 Å². The summed E-state index contributed by atoms with van der Waals surface area (Å²) in [5, 5.41) is 13.8. The molecular weight excluding hydrogens is 322 g/mol. The summed E-state index contributed by atoms with van der Waals surface area (Å²) in [6.45, 7) is 2.14. The molecule has 2 N–H and O–H groups in total. The fourth-order valence-corrected chi connectivity index (χ4v) is 4.12. The van der Waals surface area contributed by atoms with Crippen LogP contribution < -0.4 is 5.32 Å². The van der Waals surface area contributed by atoms with Crippen molar-refractivity contribution < 1.29 is 5.11 Å². The number of rotatable bonds is 3. The van der Waals surface area contributed by atoms with Crippen molar-refractivity contribution in [1.82, 2.24) is 5.32 Å². The van der Waals surface area contributed by atoms with Gasteiger partial charge in [-0.2, -0.15) is 0 Å². The Hall–Kier alpha value is -0.680. The fraction of sp³-hybridized carbons (Fsp3) is 0.333. The van der Waals surface area contributed by atoms with E-state index in [0.717, 1.165) is 10.2 Å². The summed E-state index contributed by atoms with van der Waals surface area (Å²) in [5.74, 6) is 0. The minimum absolute atomic E-state index is 0.0343. The van der Waals surface area contributed by atoms with E-state index in [2.05, 4.69) is 52.4 Å². The molecule has 0 unspecified atom stereocenters. The molecule has 4 heteroatoms. The lowest BCUT2D eigenvalue weighted by Crippen LogP contribution is -2.30. The van der Waals surface area contributed by atoms with Gasteiger partial charge >= 0.3 is 0 Å². The Labute approximate surface area is 125 Å². The molecule has 0 bridgehead atoms. The van der Waals surface area contributed by atoms with Crippen molar-refractivity contribution in [3.8, 4) is 0 Å². The molecule has 1 heterocycles. The number of halogens is 1. The number of hydrogen-bond acceptors (Lipinski definition) is 3. The molecule has 3 atom stereocenters. The highest BCUT2D eigenvalue weighted by Crippen LogP contribution is 2.34. The van der Waals surface area contributed by atoms with Gasteiger partial charge in [-0.05, 0) is 46.1 Å². The minimum Gasteiger partial charge on any atom is -0.391 e. The lowest BCUT2D eigenvalue weighted by molar-refractivity contribution is 0.136. The van der Waals surface area contributed by atoms with Gasteiger partial charge in [0.1, 0.15) is 0 Å². The monoisotopic (exact) mass is 337 g/mol. The third kappa shape index (κ3) is 2.63. The number of thiophene rings is 1. The second kappa shape index (κ2) is 5.37. The van der Waals surface area contributed by atoms with E-state index in [1.165, 1.54) is 16.0 Å². The maximum Gasteiger partial charge on any atom is 0.0775 e. The summed E-state index contributed by atoms with van der Waals surface area (Å²) in [7, 11) is 0. The molecule has 19 heavy (non-hydrogen) atoms. The van der Waals surface area contributed by atoms with E-state index >= 15 is 0 Å². The number of fused-ring (bicyclic) bond motifs is 1. The van der Waals surface area contributed by atoms with Crippen molar-refractivity contribution in [2.75, 3.05) is 0 Å². The van der Waals surface area contributed by atoms with Gasteiger partial charge in [-0.15, -0.1) is 11.3 Å². The number of aliphatic hydroxyl groups excluding tert-OH is 1. The Balaban J connectivity index is 1.80. The molecule has 2 nitrogen and oxygen atoms in total. The zero-order valence-corrected chi connectivity index (χ0v) is 13.0. The number of aliphatic hydroxyl groups is 1. The SMILES string of the molecule is C[C@H](N[C@@H]1c2ccccc2C[C@@H]1O)c1ccc(Br)s1. The lowest BCUT2D eigenvalue weighted by atomic mass is 10.1. The largest absolute Gasteiger partial charge is 0.391 e. The Morgan fingerprint density at radius 1 is 1.32 bits per heavy atom. The molecule has 1 aliphatic carbocycles. The van der Waals surface area contributed by atoms with Gasteiger partial charge in [0.25, 0.3) is 0 Å². The van der Waals surface area contributed by atoms with Crippen molar-refractivity contribution in [3.05, 3.63) is 56.2 Å². The maximum atomic E-state index is 10.2. The van der Waals surface area contributed by atoms with Gasteiger partial charge in [0.05, 0.1) is 15.9 Å². The average molecular weight is 338 g/mol. The van der Waals surface area contributed by atoms with Crippen LogP contribution in [-0.4, -0.2) is 11.2 Å². The first-order valence-electron chi connectivity index (χ1n) is 6.42. The van der Waals surface area contributed by atoms with Crippen LogP contribution in [0, 0.1) is 0 Å². The van der Waals surface area contributed by atoms with Gasteiger partial charge in [0.2, 0.25) is 0 Å². The molecule has 0 aliphatic heterocycles. The Bertz CT molecular complexity index is 583. The van der Waals surface area contributed by atoms with E-state index in [9.17, 15) is 5.11 Å². The molecule has 0 amide bonds. The van der Waals surface area contributed by atoms with Crippen LogP contribution in [0.25, 0.3) is 0 Å². The third-order valence-electron chi connectivity index (χ3n) is 3.65. The molecule has 1 aliphatic rings. The summed E-state index contributed by atoms with van der Waals surface area (Å²) in [5.41, 5.74) is 2.49. The molecule has 1 aromatic heterocycles. The lowest BCUT2D eigenvalue weighted by Gasteiger charge is -2.22. The second-order valence-electron chi connectivity index (χ2n) is 4.98. The quantitative estimate of drug-likeness (QED) is 0.892. The van der Waals surface area contributed by atoms with Crippen molar-refractivity contribution in [2.45, 2.75) is 31.5 Å². The van der Waals surface area contributed by atoms with Crippen LogP contribution in [0.3, 0.4) is 0 Å². The molecule has 3 rings (SSSR count). The smallest absolute Gasteiger partial charge is 0.0775 e. The van der Waals surface area contributed by atoms with E-state index in [-0.39, 0.29) is 18.2 Å². The Morgan fingerprint density at radius 2 is 2.11 bits per heavy atom. The van der Waals surface area contributed by atoms with Crippen molar-refractivity contribution >= 4 is 27.3 Å². The van der Waals surface area contributed by atoms with Gasteiger partial charge in [0.15, 0.2) is 0 Å². The van der Waals surface area contributed by atoms with Gasteiger partial charge < -0.3 is 10.4 Å². The number of nitrogens with one attached hydrogen (secondary N) is 1. The highest BCUT2D eigenvalue weighted by Gasteiger charge is 2.31. The molecule has 100 valence electrons. The van der Waals surface area contributed by atoms with Crippen LogP contribution in [0.2, 0.25) is 0 Å². The highest BCUT2D eigenvalue weighted by molar-refractivity contribution is 9.11. The van der Waals surface area contributed by atoms with Gasteiger partial charge in [-0.1, -0.05) is 24.3 Å². The fourth-order valence-electron chi connectivity index (χ4n) is 2.69. The molecular formula is C15H16BrNOS. The zero-order chi connectivity index (χ0) is 13.4. The minimum atomic E-state index is -0.330. The zero-order valence-electron chi connectivity index (χ0n) is 10.6. The Kier molecular flexibility index (Phi) is 3.76. The van der Waals surface area contributed by atoms with Gasteiger partial charge in [0, 0.05) is 17.3 Å². The van der Waals surface area contributed by atoms with Crippen LogP contribution in [0.1, 0.15) is 35.0 Å². The van der Waals surface area contributed by atoms with Crippen molar-refractivity contribution in [1.29, 1.82) is 0 Å². The number of hydrogen-bond donors (Lipinski definition) is 2. The number of benzene rings is 1. The molecule has 0 radical (unpaired) electrons. The molecule has 0 saturated carbocycles. The van der Waals surface area contributed by atoms with Crippen molar-refractivity contribution in [3.63, 3.8) is 0 Å². The standard InChI is InChI=1S/C15H16BrNOS/c1-9(13-6-7-14(16)19-13)17-15-11-5-3-2-4-10(11)8-12(15)18/h2-7,9,12,15,17-18H,8H2,1H3/t9-,12-,15+/m0/s1. The van der Waals surface area contributed by atoms with Crippen LogP contribution in [0.15, 0.2) is 40.2 Å². The van der Waals surface area contributed by atoms with Crippen LogP contribution in [0.4, 0.5) is 0 Å². The van der Waals surface area contributed by atoms with Gasteiger partial charge in [-0.3, -0.25) is 0 Å². The third-order valence-corrected chi connectivity index (χ3v) is 5.46. The predicted molar refractivity (Wildman–Crippen MR) is 82.5 cm³/mol. The first kappa shape index (κ1) is 13.3. The molecule has 0 saturated heterocycles. The Morgan fingerprint density at radius 3 is 2.84 bits per heavy atom. The molecule has 0 spiro atoms. The predicted octanol–water partition coefficient (Wildman–Crippen LogP) is 3.82. The van der Waals surface area contributed by atoms with Crippen molar-refractivity contribution in [2.24, 2.45) is 0 Å². The highest BCUT2D eigenvalue weighted by atomic mass is 79.9. The maximum absolute atomic E-state index is 10.2. The first-order chi connectivity index (χ1) is 9.15. The summed E-state index contributed by atoms with van der Waals surface area (Å²) in [4.78, 5) is 1.28. The normalized spacial score (nSPS) is 23.3. The van der Waals surface area contributed by atoms with Crippen LogP contribution in [-0.2, 0) is 6.42 Å². The van der Waals surface area contributed by atoms with Crippen LogP contribution >= 0.6 is 27.3 Å². The van der Waals surface area contributed by atoms with E-state index in [0.29, 0.717) is 0 Å². The topological polar surface area (TPSA) is 32.3 Å². The molecule has 1 aromatic carbocycles. The average Bonchev–Trinajstić information content (AvgIpc) is 2.95. The van der Waals surface area contributed by atoms with E-state index in [1.807, 2.05) is 12.1 Å². The summed E-state index contributed by atoms with van der Waals surface area (Å²) in [6, 6.07) is 12.8. The molecule has 2 aromatic rings.